The molecular formula is C18H29NO. The molecule has 0 heterocycles. The third-order valence-corrected chi connectivity index (χ3v) is 4.31. The maximum Gasteiger partial charge on any atom is 0.119 e. The maximum atomic E-state index is 5.75. The molecule has 0 radical (unpaired) electrons. The van der Waals surface area contributed by atoms with Crippen LogP contribution in [0.15, 0.2) is 24.3 Å². The molecule has 1 aliphatic carbocycles. The summed E-state index contributed by atoms with van der Waals surface area (Å²) in [6, 6.07) is 8.54. The molecule has 2 heteroatoms. The molecule has 0 unspecified atom stereocenters. The maximum absolute atomic E-state index is 5.75. The SMILES string of the molecule is CC(C)CCOc1ccc(CNC2(C)CCCC2)cc1. The van der Waals surface area contributed by atoms with Crippen molar-refractivity contribution >= 4 is 0 Å². The van der Waals surface area contributed by atoms with Crippen molar-refractivity contribution in [2.24, 2.45) is 5.92 Å². The molecule has 1 saturated carbocycles. The lowest BCUT2D eigenvalue weighted by atomic mass is 10.0. The molecule has 0 atom stereocenters. The Morgan fingerprint density at radius 1 is 1.15 bits per heavy atom. The van der Waals surface area contributed by atoms with Crippen LogP contribution in [0.5, 0.6) is 5.75 Å². The highest BCUT2D eigenvalue weighted by Gasteiger charge is 2.27. The Morgan fingerprint density at radius 3 is 2.40 bits per heavy atom. The zero-order valence-corrected chi connectivity index (χ0v) is 13.2. The van der Waals surface area contributed by atoms with E-state index in [4.69, 9.17) is 4.74 Å². The first-order valence-electron chi connectivity index (χ1n) is 8.04. The summed E-state index contributed by atoms with van der Waals surface area (Å²) in [6.45, 7) is 8.57. The Hall–Kier alpha value is -1.02. The molecule has 2 rings (SSSR count). The molecule has 1 aromatic carbocycles. The van der Waals surface area contributed by atoms with Gasteiger partial charge in [-0.2, -0.15) is 0 Å². The summed E-state index contributed by atoms with van der Waals surface area (Å²) < 4.78 is 5.75. The fourth-order valence-electron chi connectivity index (χ4n) is 2.76. The van der Waals surface area contributed by atoms with E-state index in [1.165, 1.54) is 31.2 Å². The van der Waals surface area contributed by atoms with Crippen molar-refractivity contribution in [3.8, 4) is 5.75 Å². The van der Waals surface area contributed by atoms with Crippen LogP contribution < -0.4 is 10.1 Å². The minimum atomic E-state index is 0.354. The van der Waals surface area contributed by atoms with E-state index in [9.17, 15) is 0 Å². The van der Waals surface area contributed by atoms with Gasteiger partial charge in [0.25, 0.3) is 0 Å². The van der Waals surface area contributed by atoms with Crippen molar-refractivity contribution in [1.82, 2.24) is 5.32 Å². The molecule has 0 bridgehead atoms. The fourth-order valence-corrected chi connectivity index (χ4v) is 2.76. The molecule has 20 heavy (non-hydrogen) atoms. The van der Waals surface area contributed by atoms with E-state index in [-0.39, 0.29) is 0 Å². The topological polar surface area (TPSA) is 21.3 Å². The van der Waals surface area contributed by atoms with Gasteiger partial charge in [-0.15, -0.1) is 0 Å². The Bertz CT molecular complexity index is 390. The molecule has 0 spiro atoms. The Labute approximate surface area is 123 Å². The molecule has 112 valence electrons. The number of rotatable bonds is 7. The van der Waals surface area contributed by atoms with Gasteiger partial charge in [0.05, 0.1) is 6.61 Å². The van der Waals surface area contributed by atoms with Gasteiger partial charge in [-0.3, -0.25) is 0 Å². The van der Waals surface area contributed by atoms with Crippen molar-refractivity contribution in [2.45, 2.75) is 65.0 Å². The molecule has 0 aliphatic heterocycles. The van der Waals surface area contributed by atoms with Gasteiger partial charge in [-0.1, -0.05) is 38.8 Å². The minimum absolute atomic E-state index is 0.354. The summed E-state index contributed by atoms with van der Waals surface area (Å²) in [6.07, 6.45) is 6.46. The second kappa shape index (κ2) is 7.12. The summed E-state index contributed by atoms with van der Waals surface area (Å²) in [7, 11) is 0. The molecule has 0 amide bonds. The summed E-state index contributed by atoms with van der Waals surface area (Å²) in [4.78, 5) is 0. The second-order valence-electron chi connectivity index (χ2n) is 6.80. The summed E-state index contributed by atoms with van der Waals surface area (Å²) in [5.41, 5.74) is 1.70. The molecule has 1 fully saturated rings. The predicted octanol–water partition coefficient (Wildman–Crippen LogP) is 4.53. The van der Waals surface area contributed by atoms with Crippen LogP contribution in [0.4, 0.5) is 0 Å². The number of benzene rings is 1. The van der Waals surface area contributed by atoms with Gasteiger partial charge in [0.2, 0.25) is 0 Å². The molecule has 2 nitrogen and oxygen atoms in total. The minimum Gasteiger partial charge on any atom is -0.494 e. The molecular weight excluding hydrogens is 246 g/mol. The lowest BCUT2D eigenvalue weighted by Crippen LogP contribution is -2.38. The van der Waals surface area contributed by atoms with Crippen LogP contribution in [-0.2, 0) is 6.54 Å². The number of ether oxygens (including phenoxy) is 1. The highest BCUT2D eigenvalue weighted by molar-refractivity contribution is 5.27. The first-order valence-corrected chi connectivity index (χ1v) is 8.04. The molecule has 1 aromatic rings. The van der Waals surface area contributed by atoms with Crippen LogP contribution >= 0.6 is 0 Å². The number of hydrogen-bond acceptors (Lipinski definition) is 2. The van der Waals surface area contributed by atoms with E-state index in [2.05, 4.69) is 50.4 Å². The number of nitrogens with one attached hydrogen (secondary N) is 1. The van der Waals surface area contributed by atoms with E-state index in [1.54, 1.807) is 0 Å². The summed E-state index contributed by atoms with van der Waals surface area (Å²) >= 11 is 0. The van der Waals surface area contributed by atoms with Gasteiger partial charge in [0.15, 0.2) is 0 Å². The summed E-state index contributed by atoms with van der Waals surface area (Å²) in [5.74, 6) is 1.69. The van der Waals surface area contributed by atoms with E-state index in [0.29, 0.717) is 11.5 Å². The van der Waals surface area contributed by atoms with Crippen molar-refractivity contribution in [2.75, 3.05) is 6.61 Å². The normalized spacial score (nSPS) is 17.6. The first kappa shape index (κ1) is 15.4. The fraction of sp³-hybridized carbons (Fsp3) is 0.667. The van der Waals surface area contributed by atoms with Crippen LogP contribution in [0.2, 0.25) is 0 Å². The zero-order valence-electron chi connectivity index (χ0n) is 13.2. The van der Waals surface area contributed by atoms with E-state index in [1.807, 2.05) is 0 Å². The molecule has 1 aliphatic rings. The largest absolute Gasteiger partial charge is 0.494 e. The van der Waals surface area contributed by atoms with E-state index in [0.717, 1.165) is 25.3 Å². The van der Waals surface area contributed by atoms with Crippen LogP contribution in [0.1, 0.15) is 58.4 Å². The molecule has 0 aromatic heterocycles. The first-order chi connectivity index (χ1) is 9.57. The van der Waals surface area contributed by atoms with Crippen molar-refractivity contribution in [3.05, 3.63) is 29.8 Å². The highest BCUT2D eigenvalue weighted by atomic mass is 16.5. The standard InChI is InChI=1S/C18H29NO/c1-15(2)10-13-20-17-8-6-16(7-9-17)14-19-18(3)11-4-5-12-18/h6-9,15,19H,4-5,10-14H2,1-3H3. The van der Waals surface area contributed by atoms with Crippen LogP contribution in [0.3, 0.4) is 0 Å². The van der Waals surface area contributed by atoms with Crippen LogP contribution in [-0.4, -0.2) is 12.1 Å². The van der Waals surface area contributed by atoms with Gasteiger partial charge in [-0.25, -0.2) is 0 Å². The van der Waals surface area contributed by atoms with Crippen LogP contribution in [0.25, 0.3) is 0 Å². The molecule has 0 saturated heterocycles. The lowest BCUT2D eigenvalue weighted by molar-refractivity contribution is 0.289. The predicted molar refractivity (Wildman–Crippen MR) is 85.1 cm³/mol. The third kappa shape index (κ3) is 4.82. The highest BCUT2D eigenvalue weighted by Crippen LogP contribution is 2.29. The van der Waals surface area contributed by atoms with E-state index < -0.39 is 0 Å². The van der Waals surface area contributed by atoms with Gasteiger partial charge < -0.3 is 10.1 Å². The average molecular weight is 275 g/mol. The van der Waals surface area contributed by atoms with Crippen LogP contribution in [0, 0.1) is 5.92 Å². The monoisotopic (exact) mass is 275 g/mol. The van der Waals surface area contributed by atoms with Crippen molar-refractivity contribution < 1.29 is 4.74 Å². The average Bonchev–Trinajstić information content (AvgIpc) is 2.85. The third-order valence-electron chi connectivity index (χ3n) is 4.31. The van der Waals surface area contributed by atoms with Crippen molar-refractivity contribution in [1.29, 1.82) is 0 Å². The van der Waals surface area contributed by atoms with Gasteiger partial charge in [-0.05, 0) is 49.8 Å². The lowest BCUT2D eigenvalue weighted by Gasteiger charge is -2.25. The van der Waals surface area contributed by atoms with Gasteiger partial charge >= 0.3 is 0 Å². The second-order valence-corrected chi connectivity index (χ2v) is 6.80. The quantitative estimate of drug-likeness (QED) is 0.789. The van der Waals surface area contributed by atoms with E-state index >= 15 is 0 Å². The van der Waals surface area contributed by atoms with Crippen molar-refractivity contribution in [3.63, 3.8) is 0 Å². The Morgan fingerprint density at radius 2 is 1.80 bits per heavy atom. The Kier molecular flexibility index (Phi) is 5.47. The number of hydrogen-bond donors (Lipinski definition) is 1. The van der Waals surface area contributed by atoms with Gasteiger partial charge in [0.1, 0.15) is 5.75 Å². The zero-order chi connectivity index (χ0) is 14.4. The Balaban J connectivity index is 1.76. The smallest absolute Gasteiger partial charge is 0.119 e. The van der Waals surface area contributed by atoms with Gasteiger partial charge in [0, 0.05) is 12.1 Å². The molecule has 1 N–H and O–H groups in total. The summed E-state index contributed by atoms with van der Waals surface area (Å²) in [5, 5.41) is 3.71.